The van der Waals surface area contributed by atoms with Crippen molar-refractivity contribution in [2.24, 2.45) is 0 Å². The second-order valence-corrected chi connectivity index (χ2v) is 6.33. The number of carbonyl (C=O) groups excluding carboxylic acids is 2. The first kappa shape index (κ1) is 19.3. The van der Waals surface area contributed by atoms with Gasteiger partial charge in [-0.1, -0.05) is 0 Å². The molecule has 0 aromatic heterocycles. The Hall–Kier alpha value is -3.49. The Morgan fingerprint density at radius 3 is 2.18 bits per heavy atom. The van der Waals surface area contributed by atoms with E-state index in [4.69, 9.17) is 0 Å². The van der Waals surface area contributed by atoms with E-state index in [1.54, 1.807) is 17.0 Å². The molecule has 28 heavy (non-hydrogen) atoms. The van der Waals surface area contributed by atoms with Gasteiger partial charge in [-0.15, -0.1) is 0 Å². The summed E-state index contributed by atoms with van der Waals surface area (Å²) in [6.45, 7) is 2.03. The van der Waals surface area contributed by atoms with Gasteiger partial charge in [0.15, 0.2) is 0 Å². The summed E-state index contributed by atoms with van der Waals surface area (Å²) < 4.78 is 12.9. The van der Waals surface area contributed by atoms with Gasteiger partial charge in [0.25, 0.3) is 11.6 Å². The molecule has 0 atom stereocenters. The van der Waals surface area contributed by atoms with Gasteiger partial charge in [-0.2, -0.15) is 0 Å². The molecule has 1 aliphatic heterocycles. The van der Waals surface area contributed by atoms with Crippen LogP contribution in [0.25, 0.3) is 0 Å². The third-order valence-corrected chi connectivity index (χ3v) is 4.56. The van der Waals surface area contributed by atoms with Crippen LogP contribution in [0.1, 0.15) is 10.4 Å². The fraction of sp³-hybridized carbons (Fsp3) is 0.263. The summed E-state index contributed by atoms with van der Waals surface area (Å²) in [6.07, 6.45) is 0. The Morgan fingerprint density at radius 1 is 1.00 bits per heavy atom. The predicted octanol–water partition coefficient (Wildman–Crippen LogP) is 1.81. The average Bonchev–Trinajstić information content (AvgIpc) is 2.72. The molecule has 0 bridgehead atoms. The molecule has 0 radical (unpaired) electrons. The Labute approximate surface area is 160 Å². The second kappa shape index (κ2) is 8.47. The first-order valence-corrected chi connectivity index (χ1v) is 8.75. The number of nitro groups is 1. The number of amides is 2. The number of non-ortho nitro benzene ring substituents is 1. The molecule has 1 fully saturated rings. The van der Waals surface area contributed by atoms with Crippen molar-refractivity contribution in [3.05, 3.63) is 70.0 Å². The number of nitro benzene ring substituents is 1. The molecule has 3 rings (SSSR count). The Bertz CT molecular complexity index is 863. The van der Waals surface area contributed by atoms with E-state index in [0.29, 0.717) is 26.2 Å². The fourth-order valence-corrected chi connectivity index (χ4v) is 2.97. The molecule has 1 aliphatic rings. The van der Waals surface area contributed by atoms with Crippen molar-refractivity contribution in [2.75, 3.05) is 37.6 Å². The highest BCUT2D eigenvalue weighted by molar-refractivity contribution is 5.96. The third-order valence-electron chi connectivity index (χ3n) is 4.56. The smallest absolute Gasteiger partial charge is 0.269 e. The van der Waals surface area contributed by atoms with Crippen molar-refractivity contribution < 1.29 is 18.9 Å². The molecule has 8 nitrogen and oxygen atoms in total. The summed E-state index contributed by atoms with van der Waals surface area (Å²) >= 11 is 0. The summed E-state index contributed by atoms with van der Waals surface area (Å²) in [7, 11) is 0. The number of nitrogens with zero attached hydrogens (tertiary/aromatic N) is 3. The van der Waals surface area contributed by atoms with E-state index in [1.807, 2.05) is 4.90 Å². The van der Waals surface area contributed by atoms with Crippen molar-refractivity contribution >= 4 is 23.2 Å². The van der Waals surface area contributed by atoms with E-state index in [-0.39, 0.29) is 23.7 Å². The molecule has 1 saturated heterocycles. The molecule has 0 aliphatic carbocycles. The van der Waals surface area contributed by atoms with Gasteiger partial charge in [-0.3, -0.25) is 19.7 Å². The number of rotatable bonds is 5. The van der Waals surface area contributed by atoms with E-state index in [9.17, 15) is 24.1 Å². The maximum atomic E-state index is 12.9. The van der Waals surface area contributed by atoms with Crippen molar-refractivity contribution in [1.82, 2.24) is 10.2 Å². The first-order valence-electron chi connectivity index (χ1n) is 8.75. The quantitative estimate of drug-likeness (QED) is 0.625. The van der Waals surface area contributed by atoms with Gasteiger partial charge in [0.2, 0.25) is 5.91 Å². The van der Waals surface area contributed by atoms with Crippen LogP contribution in [-0.2, 0) is 4.79 Å². The lowest BCUT2D eigenvalue weighted by molar-refractivity contribution is -0.384. The summed E-state index contributed by atoms with van der Waals surface area (Å²) in [5, 5.41) is 13.3. The molecule has 146 valence electrons. The molecule has 0 spiro atoms. The van der Waals surface area contributed by atoms with Crippen LogP contribution >= 0.6 is 0 Å². The number of halogens is 1. The first-order chi connectivity index (χ1) is 13.4. The van der Waals surface area contributed by atoms with Crippen molar-refractivity contribution in [1.29, 1.82) is 0 Å². The highest BCUT2D eigenvalue weighted by atomic mass is 19.1. The molecule has 0 unspecified atom stereocenters. The van der Waals surface area contributed by atoms with Gasteiger partial charge in [0.1, 0.15) is 5.82 Å². The zero-order valence-corrected chi connectivity index (χ0v) is 15.0. The molecular formula is C19H19FN4O4. The third kappa shape index (κ3) is 4.61. The number of piperazine rings is 1. The van der Waals surface area contributed by atoms with E-state index in [2.05, 4.69) is 5.32 Å². The van der Waals surface area contributed by atoms with Crippen molar-refractivity contribution in [3.63, 3.8) is 0 Å². The molecule has 2 amide bonds. The zero-order chi connectivity index (χ0) is 20.1. The normalized spacial score (nSPS) is 13.9. The van der Waals surface area contributed by atoms with Crippen molar-refractivity contribution in [3.8, 4) is 0 Å². The Morgan fingerprint density at radius 2 is 1.61 bits per heavy atom. The van der Waals surface area contributed by atoms with Crippen molar-refractivity contribution in [2.45, 2.75) is 0 Å². The maximum absolute atomic E-state index is 12.9. The SMILES string of the molecule is O=C(NCC(=O)N1CCN(c2ccc([N+](=O)[O-])cc2)CC1)c1ccc(F)cc1. The number of hydrogen-bond donors (Lipinski definition) is 1. The standard InChI is InChI=1S/C19H19FN4O4/c20-15-3-1-14(2-4-15)19(26)21-13-18(25)23-11-9-22(10-12-23)16-5-7-17(8-6-16)24(27)28/h1-8H,9-13H2,(H,21,26). The Kier molecular flexibility index (Phi) is 5.83. The molecule has 9 heteroatoms. The largest absolute Gasteiger partial charge is 0.368 e. The number of carbonyl (C=O) groups is 2. The number of hydrogen-bond acceptors (Lipinski definition) is 5. The van der Waals surface area contributed by atoms with Gasteiger partial charge in [-0.05, 0) is 36.4 Å². The van der Waals surface area contributed by atoms with E-state index < -0.39 is 16.6 Å². The number of nitrogens with one attached hydrogen (secondary N) is 1. The minimum absolute atomic E-state index is 0.0365. The predicted molar refractivity (Wildman–Crippen MR) is 101 cm³/mol. The topological polar surface area (TPSA) is 95.8 Å². The minimum atomic E-state index is -0.444. The monoisotopic (exact) mass is 386 g/mol. The lowest BCUT2D eigenvalue weighted by atomic mass is 10.2. The highest BCUT2D eigenvalue weighted by Gasteiger charge is 2.22. The van der Waals surface area contributed by atoms with Crippen LogP contribution in [-0.4, -0.2) is 54.4 Å². The van der Waals surface area contributed by atoms with Crippen LogP contribution in [0.3, 0.4) is 0 Å². The molecule has 1 N–H and O–H groups in total. The van der Waals surface area contributed by atoms with E-state index >= 15 is 0 Å². The van der Waals surface area contributed by atoms with Crippen LogP contribution in [0, 0.1) is 15.9 Å². The van der Waals surface area contributed by atoms with Gasteiger partial charge in [0, 0.05) is 49.6 Å². The van der Waals surface area contributed by atoms with Gasteiger partial charge in [-0.25, -0.2) is 4.39 Å². The van der Waals surface area contributed by atoms with Crippen LogP contribution in [0.15, 0.2) is 48.5 Å². The molecule has 2 aromatic carbocycles. The average molecular weight is 386 g/mol. The van der Waals surface area contributed by atoms with Crippen LogP contribution in [0.5, 0.6) is 0 Å². The maximum Gasteiger partial charge on any atom is 0.269 e. The summed E-state index contributed by atoms with van der Waals surface area (Å²) in [6, 6.07) is 11.4. The van der Waals surface area contributed by atoms with Crippen LogP contribution < -0.4 is 10.2 Å². The summed E-state index contributed by atoms with van der Waals surface area (Å²) in [5.74, 6) is -1.06. The summed E-state index contributed by atoms with van der Waals surface area (Å²) in [5.41, 5.74) is 1.19. The van der Waals surface area contributed by atoms with Crippen LogP contribution in [0.4, 0.5) is 15.8 Å². The lowest BCUT2D eigenvalue weighted by Crippen LogP contribution is -2.51. The minimum Gasteiger partial charge on any atom is -0.368 e. The van der Waals surface area contributed by atoms with Gasteiger partial charge >= 0.3 is 0 Å². The molecule has 2 aromatic rings. The number of anilines is 1. The van der Waals surface area contributed by atoms with E-state index in [0.717, 1.165) is 5.69 Å². The molecule has 1 heterocycles. The Balaban J connectivity index is 1.47. The van der Waals surface area contributed by atoms with Crippen LogP contribution in [0.2, 0.25) is 0 Å². The number of benzene rings is 2. The van der Waals surface area contributed by atoms with Gasteiger partial charge < -0.3 is 15.1 Å². The molecule has 0 saturated carbocycles. The second-order valence-electron chi connectivity index (χ2n) is 6.33. The fourth-order valence-electron chi connectivity index (χ4n) is 2.97. The molecular weight excluding hydrogens is 367 g/mol. The zero-order valence-electron chi connectivity index (χ0n) is 15.0. The van der Waals surface area contributed by atoms with E-state index in [1.165, 1.54) is 36.4 Å². The highest BCUT2D eigenvalue weighted by Crippen LogP contribution is 2.20. The van der Waals surface area contributed by atoms with Gasteiger partial charge in [0.05, 0.1) is 11.5 Å². The lowest BCUT2D eigenvalue weighted by Gasteiger charge is -2.36. The summed E-state index contributed by atoms with van der Waals surface area (Å²) in [4.78, 5) is 38.3.